The lowest BCUT2D eigenvalue weighted by atomic mass is 10.2. The van der Waals surface area contributed by atoms with Crippen molar-refractivity contribution in [3.63, 3.8) is 0 Å². The average molecular weight is 259 g/mol. The molecule has 0 aliphatic heterocycles. The maximum absolute atomic E-state index is 11.7. The number of nitrogens with two attached hydrogens (primary N) is 1. The lowest BCUT2D eigenvalue weighted by Gasteiger charge is -2.09. The highest BCUT2D eigenvalue weighted by Gasteiger charge is 2.14. The molecule has 0 aliphatic rings. The first-order chi connectivity index (χ1) is 7.95. The molecule has 0 radical (unpaired) electrons. The van der Waals surface area contributed by atoms with E-state index in [0.717, 1.165) is 0 Å². The van der Waals surface area contributed by atoms with Crippen LogP contribution in [0.3, 0.4) is 0 Å². The Morgan fingerprint density at radius 1 is 1.53 bits per heavy atom. The van der Waals surface area contributed by atoms with E-state index in [0.29, 0.717) is 12.8 Å². The van der Waals surface area contributed by atoms with Gasteiger partial charge < -0.3 is 10.8 Å². The molecule has 1 unspecified atom stereocenters. The summed E-state index contributed by atoms with van der Waals surface area (Å²) >= 11 is 0. The third-order valence-electron chi connectivity index (χ3n) is 2.31. The smallest absolute Gasteiger partial charge is 0.242 e. The van der Waals surface area contributed by atoms with Gasteiger partial charge in [-0.2, -0.15) is 0 Å². The molecular formula is C10H17N3O3S. The van der Waals surface area contributed by atoms with Gasteiger partial charge in [-0.25, -0.2) is 18.1 Å². The van der Waals surface area contributed by atoms with Crippen molar-refractivity contribution in [3.8, 4) is 0 Å². The van der Waals surface area contributed by atoms with Crippen LogP contribution in [-0.2, 0) is 10.0 Å². The van der Waals surface area contributed by atoms with Gasteiger partial charge in [0.05, 0.1) is 6.10 Å². The number of sulfonamides is 1. The largest absolute Gasteiger partial charge is 0.393 e. The number of aromatic nitrogens is 1. The van der Waals surface area contributed by atoms with Gasteiger partial charge in [-0.1, -0.05) is 6.92 Å². The maximum atomic E-state index is 11.7. The molecular weight excluding hydrogens is 242 g/mol. The van der Waals surface area contributed by atoms with E-state index in [-0.39, 0.29) is 17.3 Å². The van der Waals surface area contributed by atoms with Crippen LogP contribution in [0.15, 0.2) is 23.2 Å². The van der Waals surface area contributed by atoms with E-state index in [1.54, 1.807) is 0 Å². The standard InChI is InChI=1S/C10H17N3O3S/c1-2-8(14)5-6-13-17(15,16)9-3-4-10(11)12-7-9/h3-4,7-8,13-14H,2,5-6H2,1H3,(H2,11,12). The zero-order valence-electron chi connectivity index (χ0n) is 9.63. The van der Waals surface area contributed by atoms with Crippen LogP contribution < -0.4 is 10.5 Å². The molecule has 6 nitrogen and oxygen atoms in total. The number of pyridine rings is 1. The van der Waals surface area contributed by atoms with Crippen molar-refractivity contribution in [2.24, 2.45) is 0 Å². The minimum atomic E-state index is -3.56. The van der Waals surface area contributed by atoms with E-state index < -0.39 is 16.1 Å². The molecule has 1 heterocycles. The minimum absolute atomic E-state index is 0.0673. The number of nitrogens with zero attached hydrogens (tertiary/aromatic N) is 1. The molecule has 0 fully saturated rings. The Morgan fingerprint density at radius 3 is 2.76 bits per heavy atom. The van der Waals surface area contributed by atoms with Crippen LogP contribution in [0.25, 0.3) is 0 Å². The predicted molar refractivity (Wildman–Crippen MR) is 64.8 cm³/mol. The second kappa shape index (κ2) is 5.95. The molecule has 0 saturated carbocycles. The normalized spacial score (nSPS) is 13.5. The fraction of sp³-hybridized carbons (Fsp3) is 0.500. The Balaban J connectivity index is 2.60. The van der Waals surface area contributed by atoms with Crippen molar-refractivity contribution in [3.05, 3.63) is 18.3 Å². The van der Waals surface area contributed by atoms with Crippen LogP contribution in [0.1, 0.15) is 19.8 Å². The number of hydrogen-bond donors (Lipinski definition) is 3. The number of anilines is 1. The molecule has 1 aromatic rings. The molecule has 1 atom stereocenters. The minimum Gasteiger partial charge on any atom is -0.393 e. The average Bonchev–Trinajstić information content (AvgIpc) is 2.29. The lowest BCUT2D eigenvalue weighted by molar-refractivity contribution is 0.162. The summed E-state index contributed by atoms with van der Waals surface area (Å²) in [6, 6.07) is 2.82. The van der Waals surface area contributed by atoms with Crippen LogP contribution in [0.4, 0.5) is 5.82 Å². The first-order valence-corrected chi connectivity index (χ1v) is 6.83. The Morgan fingerprint density at radius 2 is 2.24 bits per heavy atom. The monoisotopic (exact) mass is 259 g/mol. The lowest BCUT2D eigenvalue weighted by Crippen LogP contribution is -2.27. The summed E-state index contributed by atoms with van der Waals surface area (Å²) in [5, 5.41) is 9.30. The molecule has 1 rings (SSSR count). The van der Waals surface area contributed by atoms with Crippen molar-refractivity contribution < 1.29 is 13.5 Å². The second-order valence-corrected chi connectivity index (χ2v) is 5.43. The highest BCUT2D eigenvalue weighted by atomic mass is 32.2. The van der Waals surface area contributed by atoms with Crippen LogP contribution >= 0.6 is 0 Å². The number of hydrogen-bond acceptors (Lipinski definition) is 5. The third-order valence-corrected chi connectivity index (χ3v) is 3.76. The van der Waals surface area contributed by atoms with E-state index in [1.165, 1.54) is 18.3 Å². The summed E-state index contributed by atoms with van der Waals surface area (Å²) in [5.74, 6) is 0.269. The summed E-state index contributed by atoms with van der Waals surface area (Å²) in [6.45, 7) is 2.03. The van der Waals surface area contributed by atoms with Crippen molar-refractivity contribution in [2.45, 2.75) is 30.8 Å². The van der Waals surface area contributed by atoms with Gasteiger partial charge in [0.1, 0.15) is 10.7 Å². The highest BCUT2D eigenvalue weighted by molar-refractivity contribution is 7.89. The maximum Gasteiger partial charge on any atom is 0.242 e. The molecule has 0 aliphatic carbocycles. The Kier molecular flexibility index (Phi) is 4.86. The fourth-order valence-corrected chi connectivity index (χ4v) is 2.19. The van der Waals surface area contributed by atoms with Crippen LogP contribution in [0.5, 0.6) is 0 Å². The number of nitrogens with one attached hydrogen (secondary N) is 1. The fourth-order valence-electron chi connectivity index (χ4n) is 1.20. The summed E-state index contributed by atoms with van der Waals surface area (Å²) in [5.41, 5.74) is 5.37. The SMILES string of the molecule is CCC(O)CCNS(=O)(=O)c1ccc(N)nc1. The first-order valence-electron chi connectivity index (χ1n) is 5.35. The van der Waals surface area contributed by atoms with Gasteiger partial charge >= 0.3 is 0 Å². The quantitative estimate of drug-likeness (QED) is 0.672. The van der Waals surface area contributed by atoms with Gasteiger partial charge in [0, 0.05) is 12.7 Å². The number of rotatable bonds is 6. The Labute approximate surface area is 101 Å². The van der Waals surface area contributed by atoms with E-state index in [4.69, 9.17) is 5.73 Å². The van der Waals surface area contributed by atoms with Gasteiger partial charge in [-0.05, 0) is 25.0 Å². The van der Waals surface area contributed by atoms with E-state index in [9.17, 15) is 13.5 Å². The van der Waals surface area contributed by atoms with Crippen LogP contribution in [0.2, 0.25) is 0 Å². The number of aliphatic hydroxyl groups is 1. The van der Waals surface area contributed by atoms with E-state index in [1.807, 2.05) is 6.92 Å². The van der Waals surface area contributed by atoms with Crippen molar-refractivity contribution >= 4 is 15.8 Å². The van der Waals surface area contributed by atoms with Crippen LogP contribution in [-0.4, -0.2) is 31.2 Å². The van der Waals surface area contributed by atoms with Crippen molar-refractivity contribution in [1.82, 2.24) is 9.71 Å². The molecule has 1 aromatic heterocycles. The molecule has 0 bridgehead atoms. The summed E-state index contributed by atoms with van der Waals surface area (Å²) in [7, 11) is -3.56. The molecule has 17 heavy (non-hydrogen) atoms. The topological polar surface area (TPSA) is 105 Å². The molecule has 0 spiro atoms. The number of aliphatic hydroxyl groups excluding tert-OH is 1. The molecule has 0 saturated heterocycles. The molecule has 4 N–H and O–H groups in total. The van der Waals surface area contributed by atoms with Gasteiger partial charge in [-0.3, -0.25) is 0 Å². The molecule has 96 valence electrons. The predicted octanol–water partition coefficient (Wildman–Crippen LogP) is 0.103. The van der Waals surface area contributed by atoms with E-state index in [2.05, 4.69) is 9.71 Å². The first kappa shape index (κ1) is 13.9. The molecule has 0 aromatic carbocycles. The summed E-state index contributed by atoms with van der Waals surface area (Å²) in [4.78, 5) is 3.78. The number of nitrogen functional groups attached to an aromatic ring is 1. The van der Waals surface area contributed by atoms with Crippen molar-refractivity contribution in [2.75, 3.05) is 12.3 Å². The van der Waals surface area contributed by atoms with Crippen molar-refractivity contribution in [1.29, 1.82) is 0 Å². The molecule has 7 heteroatoms. The summed E-state index contributed by atoms with van der Waals surface area (Å²) < 4.78 is 25.9. The summed E-state index contributed by atoms with van der Waals surface area (Å²) in [6.07, 6.45) is 1.71. The zero-order valence-corrected chi connectivity index (χ0v) is 10.4. The Hall–Kier alpha value is -1.18. The second-order valence-electron chi connectivity index (χ2n) is 3.67. The molecule has 0 amide bonds. The van der Waals surface area contributed by atoms with Gasteiger partial charge in [0.2, 0.25) is 10.0 Å². The Bertz CT molecular complexity index is 444. The van der Waals surface area contributed by atoms with Crippen LogP contribution in [0, 0.1) is 0 Å². The third kappa shape index (κ3) is 4.29. The highest BCUT2D eigenvalue weighted by Crippen LogP contribution is 2.08. The van der Waals surface area contributed by atoms with Gasteiger partial charge in [-0.15, -0.1) is 0 Å². The zero-order chi connectivity index (χ0) is 12.9. The van der Waals surface area contributed by atoms with E-state index >= 15 is 0 Å². The van der Waals surface area contributed by atoms with Gasteiger partial charge in [0.25, 0.3) is 0 Å². The van der Waals surface area contributed by atoms with Gasteiger partial charge in [0.15, 0.2) is 0 Å².